The van der Waals surface area contributed by atoms with E-state index in [0.29, 0.717) is 17.6 Å². The normalized spacial score (nSPS) is 30.0. The molecule has 0 amide bonds. The number of aliphatic hydroxyl groups is 2. The average Bonchev–Trinajstić information content (AvgIpc) is 3.14. The van der Waals surface area contributed by atoms with E-state index in [2.05, 4.69) is 25.8 Å². The molecule has 1 saturated heterocycles. The molecule has 2 aromatic heterocycles. The van der Waals surface area contributed by atoms with Crippen LogP contribution in [0.25, 0.3) is 11.2 Å². The van der Waals surface area contributed by atoms with Crippen molar-refractivity contribution in [1.29, 1.82) is 0 Å². The lowest BCUT2D eigenvalue weighted by Gasteiger charge is -2.30. The van der Waals surface area contributed by atoms with Gasteiger partial charge in [-0.3, -0.25) is 9.99 Å². The second-order valence-corrected chi connectivity index (χ2v) is 6.01. The third-order valence-electron chi connectivity index (χ3n) is 4.87. The van der Waals surface area contributed by atoms with Crippen LogP contribution in [0.3, 0.4) is 0 Å². The van der Waals surface area contributed by atoms with Gasteiger partial charge >= 0.3 is 0 Å². The highest BCUT2D eigenvalue weighted by atomic mass is 16.5. The van der Waals surface area contributed by atoms with Crippen LogP contribution in [0.1, 0.15) is 26.5 Å². The van der Waals surface area contributed by atoms with Crippen molar-refractivity contribution in [3.05, 3.63) is 6.33 Å². The predicted octanol–water partition coefficient (Wildman–Crippen LogP) is -0.936. The average molecular weight is 338 g/mol. The maximum Gasteiger partial charge on any atom is 0.241 e. The number of nitrogens with two attached hydrogens (primary N) is 2. The minimum absolute atomic E-state index is 0.140. The number of ether oxygens (including phenoxy) is 1. The maximum atomic E-state index is 10.8. The van der Waals surface area contributed by atoms with E-state index in [1.807, 2.05) is 13.8 Å². The molecule has 0 bridgehead atoms. The number of hydrogen-bond acceptors (Lipinski definition) is 10. The quantitative estimate of drug-likeness (QED) is 0.295. The monoisotopic (exact) mass is 338 g/mol. The molecule has 3 rings (SSSR count). The highest BCUT2D eigenvalue weighted by molar-refractivity contribution is 5.84. The van der Waals surface area contributed by atoms with Crippen LogP contribution in [0.2, 0.25) is 0 Å². The number of hydrogen-bond donors (Lipinski definition) is 6. The summed E-state index contributed by atoms with van der Waals surface area (Å²) in [6.07, 6.45) is 0.0345. The number of rotatable bonds is 5. The number of nitrogens with zero attached hydrogens (tertiary/aromatic N) is 4. The molecule has 0 aromatic carbocycles. The first-order valence-electron chi connectivity index (χ1n) is 7.62. The number of nitrogens with one attached hydrogen (secondary N) is 2. The summed E-state index contributed by atoms with van der Waals surface area (Å²) >= 11 is 0. The Bertz CT molecular complexity index is 737. The highest BCUT2D eigenvalue weighted by Gasteiger charge is 2.52. The molecule has 1 aliphatic rings. The van der Waals surface area contributed by atoms with Crippen LogP contribution >= 0.6 is 0 Å². The van der Waals surface area contributed by atoms with Crippen LogP contribution in [-0.4, -0.2) is 48.5 Å². The molecule has 4 atom stereocenters. The summed E-state index contributed by atoms with van der Waals surface area (Å²) in [7, 11) is 0. The fraction of sp³-hybridized carbons (Fsp3) is 0.615. The smallest absolute Gasteiger partial charge is 0.241 e. The largest absolute Gasteiger partial charge is 0.394 e. The molecule has 11 nitrogen and oxygen atoms in total. The van der Waals surface area contributed by atoms with Crippen molar-refractivity contribution in [2.75, 3.05) is 17.5 Å². The summed E-state index contributed by atoms with van der Waals surface area (Å²) in [5.41, 5.74) is 5.02. The van der Waals surface area contributed by atoms with Crippen LogP contribution in [-0.2, 0) is 4.74 Å². The Morgan fingerprint density at radius 3 is 2.67 bits per heavy atom. The van der Waals surface area contributed by atoms with Gasteiger partial charge in [0.05, 0.1) is 19.0 Å². The lowest BCUT2D eigenvalue weighted by Crippen LogP contribution is -2.38. The van der Waals surface area contributed by atoms with Gasteiger partial charge in [-0.1, -0.05) is 13.8 Å². The standard InChI is InChI=1S/C13H22N8O3/c1-3-13(2)6(4-22)24-11(8(13)23)21-5-16-7-9(19-14)17-12(20-15)18-10(7)21/h5-6,8,11,22-23H,3-4,14-15H2,1-2H3,(H2,17,18,19,20)/t6-,8+,11+,13?/m1/s1. The molecule has 24 heavy (non-hydrogen) atoms. The van der Waals surface area contributed by atoms with E-state index in [-0.39, 0.29) is 18.4 Å². The minimum atomic E-state index is -0.851. The topological polar surface area (TPSA) is 169 Å². The Morgan fingerprint density at radius 2 is 2.12 bits per heavy atom. The third kappa shape index (κ3) is 2.29. The SMILES string of the molecule is CCC1(C)[C@@H](CO)O[C@H](n2cnc3c(NN)nc(NN)nc32)[C@@H]1O. The van der Waals surface area contributed by atoms with Gasteiger partial charge in [0, 0.05) is 5.41 Å². The third-order valence-corrected chi connectivity index (χ3v) is 4.87. The predicted molar refractivity (Wildman–Crippen MR) is 86.3 cm³/mol. The van der Waals surface area contributed by atoms with E-state index >= 15 is 0 Å². The molecule has 132 valence electrons. The summed E-state index contributed by atoms with van der Waals surface area (Å²) in [6, 6.07) is 0. The highest BCUT2D eigenvalue weighted by Crippen LogP contribution is 2.46. The summed E-state index contributed by atoms with van der Waals surface area (Å²) in [6.45, 7) is 3.63. The van der Waals surface area contributed by atoms with Gasteiger partial charge in [-0.25, -0.2) is 16.7 Å². The van der Waals surface area contributed by atoms with Crippen molar-refractivity contribution in [3.8, 4) is 0 Å². The van der Waals surface area contributed by atoms with Gasteiger partial charge in [0.15, 0.2) is 23.2 Å². The maximum absolute atomic E-state index is 10.8. The van der Waals surface area contributed by atoms with Crippen molar-refractivity contribution in [1.82, 2.24) is 19.5 Å². The molecule has 3 heterocycles. The van der Waals surface area contributed by atoms with Gasteiger partial charge in [-0.2, -0.15) is 9.97 Å². The summed E-state index contributed by atoms with van der Waals surface area (Å²) in [5, 5.41) is 20.4. The zero-order valence-electron chi connectivity index (χ0n) is 13.5. The van der Waals surface area contributed by atoms with Crippen LogP contribution in [0.4, 0.5) is 11.8 Å². The van der Waals surface area contributed by atoms with Gasteiger partial charge in [-0.15, -0.1) is 0 Å². The van der Waals surface area contributed by atoms with Crippen molar-refractivity contribution in [3.63, 3.8) is 0 Å². The second-order valence-electron chi connectivity index (χ2n) is 6.01. The van der Waals surface area contributed by atoms with E-state index in [1.54, 1.807) is 4.57 Å². The number of aromatic nitrogens is 4. The van der Waals surface area contributed by atoms with E-state index in [4.69, 9.17) is 16.4 Å². The Labute approximate surface area is 138 Å². The van der Waals surface area contributed by atoms with Crippen LogP contribution in [0.5, 0.6) is 0 Å². The van der Waals surface area contributed by atoms with Gasteiger partial charge in [-0.05, 0) is 6.42 Å². The molecule has 0 spiro atoms. The van der Waals surface area contributed by atoms with Crippen LogP contribution in [0, 0.1) is 5.41 Å². The van der Waals surface area contributed by atoms with Crippen molar-refractivity contribution < 1.29 is 14.9 Å². The van der Waals surface area contributed by atoms with E-state index in [1.165, 1.54) is 6.33 Å². The zero-order chi connectivity index (χ0) is 17.5. The van der Waals surface area contributed by atoms with Gasteiger partial charge < -0.3 is 20.4 Å². The van der Waals surface area contributed by atoms with Gasteiger partial charge in [0.1, 0.15) is 6.10 Å². The van der Waals surface area contributed by atoms with Crippen LogP contribution in [0.15, 0.2) is 6.33 Å². The van der Waals surface area contributed by atoms with Crippen molar-refractivity contribution >= 4 is 22.9 Å². The molecular weight excluding hydrogens is 316 g/mol. The summed E-state index contributed by atoms with van der Waals surface area (Å²) in [5.74, 6) is 11.3. The molecule has 8 N–H and O–H groups in total. The Morgan fingerprint density at radius 1 is 1.38 bits per heavy atom. The zero-order valence-corrected chi connectivity index (χ0v) is 13.5. The first-order chi connectivity index (χ1) is 11.5. The fourth-order valence-corrected chi connectivity index (χ4v) is 3.09. The Balaban J connectivity index is 2.10. The molecule has 2 aromatic rings. The molecule has 0 saturated carbocycles. The number of hydrazine groups is 2. The minimum Gasteiger partial charge on any atom is -0.394 e. The second kappa shape index (κ2) is 6.11. The lowest BCUT2D eigenvalue weighted by atomic mass is 9.78. The fourth-order valence-electron chi connectivity index (χ4n) is 3.09. The molecule has 1 aliphatic heterocycles. The first kappa shape index (κ1) is 16.8. The molecule has 1 unspecified atom stereocenters. The van der Waals surface area contributed by atoms with Gasteiger partial charge in [0.2, 0.25) is 5.95 Å². The molecule has 0 aliphatic carbocycles. The van der Waals surface area contributed by atoms with Gasteiger partial charge in [0.25, 0.3) is 0 Å². The van der Waals surface area contributed by atoms with Crippen LogP contribution < -0.4 is 22.5 Å². The molecule has 1 fully saturated rings. The number of anilines is 2. The Kier molecular flexibility index (Phi) is 4.27. The lowest BCUT2D eigenvalue weighted by molar-refractivity contribution is -0.0511. The van der Waals surface area contributed by atoms with E-state index in [9.17, 15) is 10.2 Å². The number of nitrogen functional groups attached to an aromatic ring is 2. The van der Waals surface area contributed by atoms with E-state index in [0.717, 1.165) is 0 Å². The van der Waals surface area contributed by atoms with Crippen molar-refractivity contribution in [2.45, 2.75) is 38.7 Å². The Hall–Kier alpha value is -2.05. The first-order valence-corrected chi connectivity index (χ1v) is 7.62. The van der Waals surface area contributed by atoms with E-state index < -0.39 is 23.9 Å². The van der Waals surface area contributed by atoms with Crippen molar-refractivity contribution in [2.24, 2.45) is 17.1 Å². The molecule has 11 heteroatoms. The molecular formula is C13H22N8O3. The summed E-state index contributed by atoms with van der Waals surface area (Å²) in [4.78, 5) is 12.6. The number of fused-ring (bicyclic) bond motifs is 1. The number of imidazole rings is 1. The molecule has 0 radical (unpaired) electrons. The number of aliphatic hydroxyl groups excluding tert-OH is 2. The summed E-state index contributed by atoms with van der Waals surface area (Å²) < 4.78 is 7.48.